The summed E-state index contributed by atoms with van der Waals surface area (Å²) in [4.78, 5) is 17.1. The second-order valence-corrected chi connectivity index (χ2v) is 7.55. The first-order valence-corrected chi connectivity index (χ1v) is 10.4. The van der Waals surface area contributed by atoms with Gasteiger partial charge in [0.25, 0.3) is 5.91 Å². The average Bonchev–Trinajstić information content (AvgIpc) is 3.21. The number of pyridine rings is 1. The van der Waals surface area contributed by atoms with E-state index in [1.165, 1.54) is 5.56 Å². The summed E-state index contributed by atoms with van der Waals surface area (Å²) in [5.41, 5.74) is 11.9. The monoisotopic (exact) mass is 430 g/mol. The number of carbonyl (C=O) groups is 1. The zero-order chi connectivity index (χ0) is 22.7. The first kappa shape index (κ1) is 21.2. The molecule has 7 nitrogen and oxygen atoms in total. The van der Waals surface area contributed by atoms with Crippen LogP contribution in [0.2, 0.25) is 0 Å². The zero-order valence-electron chi connectivity index (χ0n) is 18.4. The number of aromatic nitrogens is 2. The Labute approximate surface area is 186 Å². The molecular formula is C25H26N4O3. The molecule has 0 unspecified atom stereocenters. The van der Waals surface area contributed by atoms with Crippen LogP contribution in [0.15, 0.2) is 60.9 Å². The Balaban J connectivity index is 1.50. The summed E-state index contributed by atoms with van der Waals surface area (Å²) in [7, 11) is 0. The number of nitrogens with one attached hydrogen (secondary N) is 1. The van der Waals surface area contributed by atoms with Gasteiger partial charge < -0.3 is 24.9 Å². The minimum atomic E-state index is -0.235. The molecule has 0 bridgehead atoms. The van der Waals surface area contributed by atoms with E-state index in [4.69, 9.17) is 20.2 Å². The third-order valence-electron chi connectivity index (χ3n) is 5.20. The Morgan fingerprint density at radius 2 is 1.91 bits per heavy atom. The number of nitrogens with zero attached hydrogens (tertiary/aromatic N) is 2. The second kappa shape index (κ2) is 9.01. The molecule has 2 aromatic heterocycles. The molecule has 0 aliphatic carbocycles. The number of nitrogen functional groups attached to an aromatic ring is 1. The van der Waals surface area contributed by atoms with Gasteiger partial charge in [-0.05, 0) is 74.4 Å². The van der Waals surface area contributed by atoms with E-state index < -0.39 is 0 Å². The molecule has 32 heavy (non-hydrogen) atoms. The Morgan fingerprint density at radius 1 is 1.06 bits per heavy atom. The Morgan fingerprint density at radius 3 is 2.66 bits per heavy atom. The number of ether oxygens (including phenoxy) is 2. The third kappa shape index (κ3) is 4.51. The maximum Gasteiger partial charge on any atom is 0.262 e. The van der Waals surface area contributed by atoms with E-state index in [1.807, 2.05) is 80.0 Å². The SMILES string of the molecule is CCOc1ccc(-c2cn3cccc(OCC(=O)Nc4ccc(C)c(C)c4)c3n2)cc1N. The predicted molar refractivity (Wildman–Crippen MR) is 126 cm³/mol. The molecular weight excluding hydrogens is 404 g/mol. The smallest absolute Gasteiger partial charge is 0.262 e. The van der Waals surface area contributed by atoms with E-state index in [1.54, 1.807) is 6.07 Å². The highest BCUT2D eigenvalue weighted by Gasteiger charge is 2.12. The lowest BCUT2D eigenvalue weighted by molar-refractivity contribution is -0.118. The van der Waals surface area contributed by atoms with Crippen molar-refractivity contribution >= 4 is 22.9 Å². The van der Waals surface area contributed by atoms with Crippen molar-refractivity contribution in [2.45, 2.75) is 20.8 Å². The van der Waals surface area contributed by atoms with Crippen LogP contribution in [0, 0.1) is 13.8 Å². The number of hydrogen-bond donors (Lipinski definition) is 2. The van der Waals surface area contributed by atoms with Crippen LogP contribution in [0.3, 0.4) is 0 Å². The predicted octanol–water partition coefficient (Wildman–Crippen LogP) is 4.62. The molecule has 0 aliphatic rings. The van der Waals surface area contributed by atoms with Crippen LogP contribution < -0.4 is 20.5 Å². The number of benzene rings is 2. The van der Waals surface area contributed by atoms with Crippen molar-refractivity contribution in [2.75, 3.05) is 24.3 Å². The highest BCUT2D eigenvalue weighted by atomic mass is 16.5. The summed E-state index contributed by atoms with van der Waals surface area (Å²) in [6.45, 7) is 6.39. The molecule has 2 aromatic carbocycles. The van der Waals surface area contributed by atoms with Crippen LogP contribution in [-0.2, 0) is 4.79 Å². The van der Waals surface area contributed by atoms with Gasteiger partial charge in [0.2, 0.25) is 0 Å². The molecule has 7 heteroatoms. The van der Waals surface area contributed by atoms with Gasteiger partial charge in [-0.2, -0.15) is 0 Å². The Kier molecular flexibility index (Phi) is 5.98. The number of carbonyl (C=O) groups excluding carboxylic acids is 1. The van der Waals surface area contributed by atoms with E-state index in [9.17, 15) is 4.79 Å². The molecule has 1 amide bonds. The normalized spacial score (nSPS) is 10.8. The van der Waals surface area contributed by atoms with E-state index >= 15 is 0 Å². The van der Waals surface area contributed by atoms with Gasteiger partial charge in [0.15, 0.2) is 18.0 Å². The highest BCUT2D eigenvalue weighted by molar-refractivity contribution is 5.92. The summed E-state index contributed by atoms with van der Waals surface area (Å²) in [5.74, 6) is 0.938. The van der Waals surface area contributed by atoms with Crippen LogP contribution >= 0.6 is 0 Å². The van der Waals surface area contributed by atoms with E-state index in [0.29, 0.717) is 29.4 Å². The number of nitrogens with two attached hydrogens (primary N) is 1. The van der Waals surface area contributed by atoms with Crippen molar-refractivity contribution in [1.82, 2.24) is 9.38 Å². The van der Waals surface area contributed by atoms with Crippen LogP contribution in [-0.4, -0.2) is 28.5 Å². The number of hydrogen-bond acceptors (Lipinski definition) is 5. The van der Waals surface area contributed by atoms with Crippen molar-refractivity contribution in [1.29, 1.82) is 0 Å². The van der Waals surface area contributed by atoms with Crippen molar-refractivity contribution in [3.8, 4) is 22.8 Å². The van der Waals surface area contributed by atoms with Crippen molar-refractivity contribution in [2.24, 2.45) is 0 Å². The number of fused-ring (bicyclic) bond motifs is 1. The molecule has 3 N–H and O–H groups in total. The summed E-state index contributed by atoms with van der Waals surface area (Å²) < 4.78 is 13.2. The molecule has 4 rings (SSSR count). The molecule has 2 heterocycles. The minimum Gasteiger partial charge on any atom is -0.492 e. The minimum absolute atomic E-state index is 0.120. The van der Waals surface area contributed by atoms with E-state index in [2.05, 4.69) is 5.32 Å². The molecule has 0 saturated carbocycles. The van der Waals surface area contributed by atoms with E-state index in [0.717, 1.165) is 22.5 Å². The molecule has 0 atom stereocenters. The number of imidazole rings is 1. The van der Waals surface area contributed by atoms with Gasteiger partial charge in [0, 0.05) is 23.6 Å². The standard InChI is InChI=1S/C25H26N4O3/c1-4-31-22-10-8-18(13-20(22)26)21-14-29-11-5-6-23(25(29)28-21)32-15-24(30)27-19-9-7-16(2)17(3)12-19/h5-14H,4,15,26H2,1-3H3,(H,27,30). The van der Waals surface area contributed by atoms with Crippen LogP contribution in [0.1, 0.15) is 18.1 Å². The first-order chi connectivity index (χ1) is 15.4. The lowest BCUT2D eigenvalue weighted by atomic mass is 10.1. The Bertz CT molecular complexity index is 1280. The van der Waals surface area contributed by atoms with Gasteiger partial charge in [0.1, 0.15) is 5.75 Å². The molecule has 0 aliphatic heterocycles. The topological polar surface area (TPSA) is 90.9 Å². The van der Waals surface area contributed by atoms with Gasteiger partial charge in [0.05, 0.1) is 18.0 Å². The number of amides is 1. The van der Waals surface area contributed by atoms with Gasteiger partial charge >= 0.3 is 0 Å². The van der Waals surface area contributed by atoms with Gasteiger partial charge in [-0.3, -0.25) is 4.79 Å². The van der Waals surface area contributed by atoms with Crippen molar-refractivity contribution in [3.05, 3.63) is 72.1 Å². The van der Waals surface area contributed by atoms with Gasteiger partial charge in [-0.15, -0.1) is 0 Å². The highest BCUT2D eigenvalue weighted by Crippen LogP contribution is 2.30. The summed E-state index contributed by atoms with van der Waals surface area (Å²) in [6, 6.07) is 15.0. The fourth-order valence-electron chi connectivity index (χ4n) is 3.39. The lowest BCUT2D eigenvalue weighted by Crippen LogP contribution is -2.20. The summed E-state index contributed by atoms with van der Waals surface area (Å²) >= 11 is 0. The summed E-state index contributed by atoms with van der Waals surface area (Å²) in [5, 5.41) is 2.86. The van der Waals surface area contributed by atoms with Crippen molar-refractivity contribution in [3.63, 3.8) is 0 Å². The number of rotatable bonds is 7. The maximum atomic E-state index is 12.4. The van der Waals surface area contributed by atoms with Crippen LogP contribution in [0.4, 0.5) is 11.4 Å². The largest absolute Gasteiger partial charge is 0.492 e. The zero-order valence-corrected chi connectivity index (χ0v) is 18.4. The second-order valence-electron chi connectivity index (χ2n) is 7.55. The molecule has 4 aromatic rings. The molecule has 0 radical (unpaired) electrons. The van der Waals surface area contributed by atoms with Crippen LogP contribution in [0.25, 0.3) is 16.9 Å². The lowest BCUT2D eigenvalue weighted by Gasteiger charge is -2.09. The maximum absolute atomic E-state index is 12.4. The van der Waals surface area contributed by atoms with Gasteiger partial charge in [-0.1, -0.05) is 6.07 Å². The van der Waals surface area contributed by atoms with Crippen LogP contribution in [0.5, 0.6) is 11.5 Å². The molecule has 0 spiro atoms. The number of aryl methyl sites for hydroxylation is 2. The van der Waals surface area contributed by atoms with Gasteiger partial charge in [-0.25, -0.2) is 4.98 Å². The molecule has 0 fully saturated rings. The third-order valence-corrected chi connectivity index (χ3v) is 5.20. The summed E-state index contributed by atoms with van der Waals surface area (Å²) in [6.07, 6.45) is 3.78. The average molecular weight is 431 g/mol. The molecule has 0 saturated heterocycles. The Hall–Kier alpha value is -4.00. The molecule has 164 valence electrons. The number of anilines is 2. The van der Waals surface area contributed by atoms with E-state index in [-0.39, 0.29) is 12.5 Å². The quantitative estimate of drug-likeness (QED) is 0.418. The first-order valence-electron chi connectivity index (χ1n) is 10.4. The fourth-order valence-corrected chi connectivity index (χ4v) is 3.39. The van der Waals surface area contributed by atoms with Crippen molar-refractivity contribution < 1.29 is 14.3 Å². The fraction of sp³-hybridized carbons (Fsp3) is 0.200.